The topological polar surface area (TPSA) is 65.6 Å². The highest BCUT2D eigenvalue weighted by Crippen LogP contribution is 2.43. The second kappa shape index (κ2) is 11.8. The first-order chi connectivity index (χ1) is 21.7. The van der Waals surface area contributed by atoms with Crippen molar-refractivity contribution in [2.75, 3.05) is 0 Å². The zero-order valence-corrected chi connectivity index (χ0v) is 23.9. The predicted molar refractivity (Wildman–Crippen MR) is 173 cm³/mol. The van der Waals surface area contributed by atoms with Gasteiger partial charge in [0.15, 0.2) is 5.82 Å². The van der Waals surface area contributed by atoms with Crippen LogP contribution in [0, 0.1) is 0 Å². The Hall–Kier alpha value is -5.88. The van der Waals surface area contributed by atoms with Crippen molar-refractivity contribution in [1.29, 1.82) is 0 Å². The van der Waals surface area contributed by atoms with Crippen molar-refractivity contribution in [3.63, 3.8) is 0 Å². The summed E-state index contributed by atoms with van der Waals surface area (Å²) in [6.07, 6.45) is 1.81. The molecule has 0 fully saturated rings. The second-order valence-corrected chi connectivity index (χ2v) is 10.6. The van der Waals surface area contributed by atoms with Crippen LogP contribution in [0.4, 0.5) is 0 Å². The standard InChI is InChI=1S/C38H29N5O/c44-36-22-12-13-27-42(36)28-29-23-25-30(26-24-29)34-20-10-11-21-35(34)37-39-40-41-43(37)38(31-14-4-1-5-15-31,32-16-6-2-7-17-32)33-18-8-3-9-19-33/h1-27H,28H2. The Labute approximate surface area is 255 Å². The fourth-order valence-corrected chi connectivity index (χ4v) is 5.99. The number of hydrogen-bond donors (Lipinski definition) is 0. The Kier molecular flexibility index (Phi) is 7.22. The summed E-state index contributed by atoms with van der Waals surface area (Å²) < 4.78 is 3.66. The van der Waals surface area contributed by atoms with E-state index in [2.05, 4.69) is 120 Å². The first-order valence-electron chi connectivity index (χ1n) is 14.5. The molecule has 0 bridgehead atoms. The van der Waals surface area contributed by atoms with Crippen LogP contribution >= 0.6 is 0 Å². The van der Waals surface area contributed by atoms with E-state index < -0.39 is 5.54 Å². The maximum Gasteiger partial charge on any atom is 0.250 e. The average molecular weight is 572 g/mol. The van der Waals surface area contributed by atoms with Crippen molar-refractivity contribution in [2.24, 2.45) is 0 Å². The third kappa shape index (κ3) is 4.82. The fraction of sp³-hybridized carbons (Fsp3) is 0.0526. The number of tetrazole rings is 1. The molecule has 0 atom stereocenters. The maximum atomic E-state index is 12.3. The molecule has 0 aliphatic carbocycles. The molecule has 5 aromatic carbocycles. The largest absolute Gasteiger partial charge is 0.311 e. The van der Waals surface area contributed by atoms with Crippen molar-refractivity contribution in [3.8, 4) is 22.5 Å². The molecule has 7 aromatic rings. The van der Waals surface area contributed by atoms with Crippen LogP contribution in [0.25, 0.3) is 22.5 Å². The Morgan fingerprint density at radius 1 is 0.545 bits per heavy atom. The molecule has 6 nitrogen and oxygen atoms in total. The average Bonchev–Trinajstić information content (AvgIpc) is 3.58. The highest BCUT2D eigenvalue weighted by Gasteiger charge is 2.42. The minimum atomic E-state index is -0.845. The van der Waals surface area contributed by atoms with Gasteiger partial charge in [0, 0.05) is 17.8 Å². The van der Waals surface area contributed by atoms with Crippen LogP contribution < -0.4 is 5.56 Å². The van der Waals surface area contributed by atoms with Crippen LogP contribution in [0.2, 0.25) is 0 Å². The van der Waals surface area contributed by atoms with E-state index in [0.29, 0.717) is 12.4 Å². The van der Waals surface area contributed by atoms with E-state index in [0.717, 1.165) is 38.9 Å². The lowest BCUT2D eigenvalue weighted by atomic mass is 9.77. The summed E-state index contributed by atoms with van der Waals surface area (Å²) in [6.45, 7) is 0.508. The lowest BCUT2D eigenvalue weighted by Crippen LogP contribution is -2.39. The van der Waals surface area contributed by atoms with Crippen LogP contribution in [-0.2, 0) is 12.1 Å². The van der Waals surface area contributed by atoms with Crippen molar-refractivity contribution >= 4 is 0 Å². The number of benzene rings is 5. The van der Waals surface area contributed by atoms with Gasteiger partial charge in [-0.15, -0.1) is 5.10 Å². The van der Waals surface area contributed by atoms with Gasteiger partial charge in [0.05, 0.1) is 6.54 Å². The van der Waals surface area contributed by atoms with Gasteiger partial charge in [-0.1, -0.05) is 146 Å². The van der Waals surface area contributed by atoms with Crippen molar-refractivity contribution in [2.45, 2.75) is 12.1 Å². The van der Waals surface area contributed by atoms with Gasteiger partial charge in [0.1, 0.15) is 5.54 Å². The minimum Gasteiger partial charge on any atom is -0.311 e. The van der Waals surface area contributed by atoms with Gasteiger partial charge in [0.2, 0.25) is 0 Å². The molecule has 0 unspecified atom stereocenters. The summed E-state index contributed by atoms with van der Waals surface area (Å²) in [6, 6.07) is 52.9. The van der Waals surface area contributed by atoms with E-state index in [1.54, 1.807) is 16.7 Å². The summed E-state index contributed by atoms with van der Waals surface area (Å²) in [5.41, 5.74) is 6.27. The third-order valence-electron chi connectivity index (χ3n) is 8.05. The van der Waals surface area contributed by atoms with Crippen LogP contribution in [0.1, 0.15) is 22.3 Å². The quantitative estimate of drug-likeness (QED) is 0.183. The summed E-state index contributed by atoms with van der Waals surface area (Å²) in [4.78, 5) is 12.3. The normalized spacial score (nSPS) is 11.4. The number of aromatic nitrogens is 5. The van der Waals surface area contributed by atoms with Crippen molar-refractivity contribution in [3.05, 3.63) is 197 Å². The summed E-state index contributed by atoms with van der Waals surface area (Å²) in [5, 5.41) is 13.7. The minimum absolute atomic E-state index is 0.0208. The Bertz CT molecular complexity index is 1950. The first kappa shape index (κ1) is 27.0. The van der Waals surface area contributed by atoms with Gasteiger partial charge < -0.3 is 4.57 Å². The fourth-order valence-electron chi connectivity index (χ4n) is 5.99. The molecule has 0 radical (unpaired) electrons. The molecule has 2 heterocycles. The molecule has 0 N–H and O–H groups in total. The Morgan fingerprint density at radius 2 is 1.07 bits per heavy atom. The highest BCUT2D eigenvalue weighted by molar-refractivity contribution is 5.81. The van der Waals surface area contributed by atoms with Crippen LogP contribution in [-0.4, -0.2) is 24.8 Å². The van der Waals surface area contributed by atoms with Crippen LogP contribution in [0.3, 0.4) is 0 Å². The van der Waals surface area contributed by atoms with Crippen LogP contribution in [0.15, 0.2) is 169 Å². The SMILES string of the molecule is O=c1ccccn1Cc1ccc(-c2ccccc2-c2nnnn2C(c2ccccc2)(c2ccccc2)c2ccccc2)cc1. The second-order valence-electron chi connectivity index (χ2n) is 10.6. The summed E-state index contributed by atoms with van der Waals surface area (Å²) in [5.74, 6) is 0.650. The molecule has 0 aliphatic rings. The molecule has 6 heteroatoms. The Morgan fingerprint density at radius 3 is 1.64 bits per heavy atom. The predicted octanol–water partition coefficient (Wildman–Crippen LogP) is 7.06. The molecule has 0 saturated carbocycles. The molecule has 0 saturated heterocycles. The number of nitrogens with zero attached hydrogens (tertiary/aromatic N) is 5. The zero-order chi connectivity index (χ0) is 29.8. The molecular formula is C38H29N5O. The smallest absolute Gasteiger partial charge is 0.250 e. The number of pyridine rings is 1. The van der Waals surface area contributed by atoms with E-state index in [9.17, 15) is 4.79 Å². The van der Waals surface area contributed by atoms with E-state index in [1.165, 1.54) is 0 Å². The molecule has 0 aliphatic heterocycles. The summed E-state index contributed by atoms with van der Waals surface area (Å²) >= 11 is 0. The van der Waals surface area contributed by atoms with E-state index >= 15 is 0 Å². The molecule has 212 valence electrons. The summed E-state index contributed by atoms with van der Waals surface area (Å²) in [7, 11) is 0. The zero-order valence-electron chi connectivity index (χ0n) is 23.9. The lowest BCUT2D eigenvalue weighted by molar-refractivity contribution is 0.451. The molecule has 2 aromatic heterocycles. The molecule has 0 spiro atoms. The van der Waals surface area contributed by atoms with Gasteiger partial charge in [0.25, 0.3) is 5.56 Å². The molecular weight excluding hydrogens is 542 g/mol. The molecule has 44 heavy (non-hydrogen) atoms. The number of hydrogen-bond acceptors (Lipinski definition) is 4. The molecule has 0 amide bonds. The molecule has 7 rings (SSSR count). The van der Waals surface area contributed by atoms with Gasteiger partial charge in [-0.2, -0.15) is 0 Å². The monoisotopic (exact) mass is 571 g/mol. The van der Waals surface area contributed by atoms with Gasteiger partial charge >= 0.3 is 0 Å². The van der Waals surface area contributed by atoms with Crippen LogP contribution in [0.5, 0.6) is 0 Å². The van der Waals surface area contributed by atoms with E-state index in [-0.39, 0.29) is 5.56 Å². The van der Waals surface area contributed by atoms with Crippen molar-refractivity contribution < 1.29 is 0 Å². The Balaban J connectivity index is 1.40. The number of rotatable bonds is 8. The van der Waals surface area contributed by atoms with Gasteiger partial charge in [-0.25, -0.2) is 4.68 Å². The van der Waals surface area contributed by atoms with Gasteiger partial charge in [-0.05, 0) is 49.9 Å². The maximum absolute atomic E-state index is 12.3. The van der Waals surface area contributed by atoms with Gasteiger partial charge in [-0.3, -0.25) is 4.79 Å². The van der Waals surface area contributed by atoms with E-state index in [4.69, 9.17) is 5.21 Å². The third-order valence-corrected chi connectivity index (χ3v) is 8.05. The highest BCUT2D eigenvalue weighted by atomic mass is 16.1. The lowest BCUT2D eigenvalue weighted by Gasteiger charge is -2.36. The van der Waals surface area contributed by atoms with E-state index in [1.807, 2.05) is 47.3 Å². The van der Waals surface area contributed by atoms with Crippen molar-refractivity contribution in [1.82, 2.24) is 24.8 Å². The first-order valence-corrected chi connectivity index (χ1v) is 14.5.